The number of benzene rings is 2. The summed E-state index contributed by atoms with van der Waals surface area (Å²) in [6.45, 7) is 8.00. The molecule has 4 aliphatic heterocycles. The van der Waals surface area contributed by atoms with Crippen molar-refractivity contribution in [1.82, 2.24) is 15.1 Å². The van der Waals surface area contributed by atoms with Gasteiger partial charge in [0.2, 0.25) is 12.7 Å². The number of nitrogens with zero attached hydrogens (tertiary/aromatic N) is 3. The maximum Gasteiger partial charge on any atom is 0.231 e. The molecule has 5 atom stereocenters. The molecule has 3 N–H and O–H groups in total. The second-order valence-corrected chi connectivity index (χ2v) is 12.2. The molecule has 2 aromatic carbocycles. The molecule has 0 aliphatic carbocycles. The number of piperazine rings is 1. The van der Waals surface area contributed by atoms with Gasteiger partial charge in [0.25, 0.3) is 0 Å². The molecule has 4 aliphatic rings. The molecule has 1 unspecified atom stereocenters. The van der Waals surface area contributed by atoms with Crippen molar-refractivity contribution in [3.63, 3.8) is 0 Å². The lowest BCUT2D eigenvalue weighted by Gasteiger charge is -2.60. The van der Waals surface area contributed by atoms with Crippen molar-refractivity contribution in [2.75, 3.05) is 27.5 Å². The number of likely N-dealkylation sites (N-methyl/N-ethyl adjacent to an activating group) is 1. The van der Waals surface area contributed by atoms with Gasteiger partial charge in [-0.05, 0) is 50.8 Å². The number of ether oxygens (including phenoxy) is 3. The van der Waals surface area contributed by atoms with Crippen molar-refractivity contribution >= 4 is 5.91 Å². The van der Waals surface area contributed by atoms with Gasteiger partial charge in [-0.1, -0.05) is 19.9 Å². The fourth-order valence-corrected chi connectivity index (χ4v) is 7.70. The van der Waals surface area contributed by atoms with Crippen LogP contribution in [0.2, 0.25) is 0 Å². The van der Waals surface area contributed by atoms with E-state index in [2.05, 4.69) is 27.3 Å². The Labute approximate surface area is 240 Å². The SMILES string of the molecule is COc1c(C)cc2c(c1O)[C@@H]1C3Cc4c(O)c(C)c5c(c4[C@H](CNC(=O)CC(C)C)N3[C@@H](C#N)[C@H](C2)N1C)OCO5. The number of phenolic OH excluding ortho intramolecular Hbond substituents is 2. The molecule has 41 heavy (non-hydrogen) atoms. The highest BCUT2D eigenvalue weighted by molar-refractivity contribution is 5.76. The van der Waals surface area contributed by atoms with E-state index in [-0.39, 0.29) is 54.8 Å². The summed E-state index contributed by atoms with van der Waals surface area (Å²) < 4.78 is 17.4. The average Bonchev–Trinajstić information content (AvgIpc) is 3.41. The number of carbonyl (C=O) groups is 1. The number of carbonyl (C=O) groups excluding carboxylic acids is 1. The number of hydrogen-bond donors (Lipinski definition) is 3. The highest BCUT2D eigenvalue weighted by Crippen LogP contribution is 2.58. The van der Waals surface area contributed by atoms with Gasteiger partial charge >= 0.3 is 0 Å². The number of rotatable bonds is 5. The number of phenols is 2. The van der Waals surface area contributed by atoms with E-state index in [4.69, 9.17) is 14.2 Å². The van der Waals surface area contributed by atoms with E-state index in [1.807, 2.05) is 34.7 Å². The summed E-state index contributed by atoms with van der Waals surface area (Å²) in [4.78, 5) is 17.3. The van der Waals surface area contributed by atoms with Crippen LogP contribution in [0.4, 0.5) is 0 Å². The zero-order valence-corrected chi connectivity index (χ0v) is 24.4. The van der Waals surface area contributed by atoms with Crippen molar-refractivity contribution in [2.24, 2.45) is 5.92 Å². The highest BCUT2D eigenvalue weighted by Gasteiger charge is 2.56. The lowest BCUT2D eigenvalue weighted by Crippen LogP contribution is -2.68. The van der Waals surface area contributed by atoms with Gasteiger partial charge in [0.05, 0.1) is 25.3 Å². The Bertz CT molecular complexity index is 1470. The Morgan fingerprint density at radius 3 is 2.59 bits per heavy atom. The maximum absolute atomic E-state index is 12.9. The Hall–Kier alpha value is -3.68. The second kappa shape index (κ2) is 10.00. The first-order chi connectivity index (χ1) is 19.6. The molecule has 1 saturated heterocycles. The van der Waals surface area contributed by atoms with Crippen LogP contribution in [0, 0.1) is 31.1 Å². The largest absolute Gasteiger partial charge is 0.507 e. The topological polar surface area (TPSA) is 128 Å². The maximum atomic E-state index is 12.9. The predicted octanol–water partition coefficient (Wildman–Crippen LogP) is 3.39. The van der Waals surface area contributed by atoms with Crippen LogP contribution in [0.5, 0.6) is 28.7 Å². The van der Waals surface area contributed by atoms with Gasteiger partial charge in [-0.15, -0.1) is 0 Å². The van der Waals surface area contributed by atoms with Gasteiger partial charge in [-0.2, -0.15) is 5.26 Å². The minimum atomic E-state index is -0.513. The zero-order valence-electron chi connectivity index (χ0n) is 24.4. The monoisotopic (exact) mass is 562 g/mol. The van der Waals surface area contributed by atoms with Crippen LogP contribution in [0.25, 0.3) is 0 Å². The van der Waals surface area contributed by atoms with Crippen molar-refractivity contribution in [2.45, 2.75) is 77.2 Å². The Morgan fingerprint density at radius 2 is 1.90 bits per heavy atom. The number of aryl methyl sites for hydroxylation is 1. The van der Waals surface area contributed by atoms with E-state index in [1.54, 1.807) is 7.11 Å². The van der Waals surface area contributed by atoms with Crippen LogP contribution in [-0.4, -0.2) is 71.5 Å². The Kier molecular flexibility index (Phi) is 6.70. The molecule has 0 saturated carbocycles. The number of methoxy groups -OCH3 is 1. The molecular weight excluding hydrogens is 524 g/mol. The molecule has 4 heterocycles. The van der Waals surface area contributed by atoms with E-state index in [9.17, 15) is 20.3 Å². The normalized spacial score (nSPS) is 26.1. The number of hydrogen-bond acceptors (Lipinski definition) is 9. The van der Waals surface area contributed by atoms with Gasteiger partial charge in [-0.3, -0.25) is 14.6 Å². The first-order valence-corrected chi connectivity index (χ1v) is 14.3. The van der Waals surface area contributed by atoms with Gasteiger partial charge < -0.3 is 29.7 Å². The first-order valence-electron chi connectivity index (χ1n) is 14.3. The van der Waals surface area contributed by atoms with Crippen LogP contribution in [0.15, 0.2) is 6.07 Å². The fourth-order valence-electron chi connectivity index (χ4n) is 7.70. The zero-order chi connectivity index (χ0) is 29.3. The molecule has 2 aromatic rings. The molecule has 10 nitrogen and oxygen atoms in total. The van der Waals surface area contributed by atoms with E-state index in [0.29, 0.717) is 42.1 Å². The third-order valence-electron chi connectivity index (χ3n) is 9.38. The molecule has 0 aromatic heterocycles. The molecule has 10 heteroatoms. The van der Waals surface area contributed by atoms with Crippen LogP contribution >= 0.6 is 0 Å². The van der Waals surface area contributed by atoms with E-state index in [1.165, 1.54) is 0 Å². The lowest BCUT2D eigenvalue weighted by molar-refractivity contribution is -0.122. The molecule has 1 amide bonds. The minimum Gasteiger partial charge on any atom is -0.507 e. The third kappa shape index (κ3) is 4.01. The molecule has 6 rings (SSSR count). The molecule has 0 spiro atoms. The molecular formula is C31H38N4O6. The van der Waals surface area contributed by atoms with Crippen molar-refractivity contribution in [3.05, 3.63) is 39.4 Å². The summed E-state index contributed by atoms with van der Waals surface area (Å²) in [7, 11) is 3.56. The van der Waals surface area contributed by atoms with Crippen LogP contribution in [-0.2, 0) is 17.6 Å². The highest BCUT2D eigenvalue weighted by atomic mass is 16.7. The average molecular weight is 563 g/mol. The van der Waals surface area contributed by atoms with Crippen LogP contribution in [0.3, 0.4) is 0 Å². The minimum absolute atomic E-state index is 0.0397. The lowest BCUT2D eigenvalue weighted by atomic mass is 9.71. The summed E-state index contributed by atoms with van der Waals surface area (Å²) in [6, 6.07) is 2.96. The molecule has 2 bridgehead atoms. The van der Waals surface area contributed by atoms with Crippen LogP contribution in [0.1, 0.15) is 65.7 Å². The number of nitrogens with one attached hydrogen (secondary N) is 1. The predicted molar refractivity (Wildman–Crippen MR) is 150 cm³/mol. The standard InChI is InChI=1S/C31H38N4O6/c1-14(2)7-23(36)33-12-22-25-18(27(37)16(4)30-31(25)41-13-40-30)10-20-26-24-17(8-15(3)29(39-6)28(24)38)9-19(34(26)5)21(11-32)35(20)22/h8,14,19-22,26,37-38H,7,9-10,12-13H2,1-6H3,(H,33,36)/t19-,20?,21-,22-,26-/m0/s1. The summed E-state index contributed by atoms with van der Waals surface area (Å²) >= 11 is 0. The first kappa shape index (κ1) is 27.5. The van der Waals surface area contributed by atoms with Gasteiger partial charge in [-0.25, -0.2) is 0 Å². The Balaban J connectivity index is 1.55. The summed E-state index contributed by atoms with van der Waals surface area (Å²) in [5.41, 5.74) is 4.74. The fraction of sp³-hybridized carbons (Fsp3) is 0.548. The number of nitriles is 1. The van der Waals surface area contributed by atoms with Crippen molar-refractivity contribution in [3.8, 4) is 34.8 Å². The van der Waals surface area contributed by atoms with E-state index < -0.39 is 12.1 Å². The summed E-state index contributed by atoms with van der Waals surface area (Å²) in [5.74, 6) is 1.90. The van der Waals surface area contributed by atoms with Crippen molar-refractivity contribution < 1.29 is 29.2 Å². The second-order valence-electron chi connectivity index (χ2n) is 12.2. The van der Waals surface area contributed by atoms with E-state index >= 15 is 0 Å². The smallest absolute Gasteiger partial charge is 0.231 e. The number of amides is 1. The molecule has 0 radical (unpaired) electrons. The van der Waals surface area contributed by atoms with Gasteiger partial charge in [0, 0.05) is 47.3 Å². The van der Waals surface area contributed by atoms with Gasteiger partial charge in [0.1, 0.15) is 11.8 Å². The third-order valence-corrected chi connectivity index (χ3v) is 9.38. The summed E-state index contributed by atoms with van der Waals surface area (Å²) in [6.07, 6.45) is 1.39. The number of aromatic hydroxyl groups is 2. The number of fused-ring (bicyclic) bond motifs is 9. The van der Waals surface area contributed by atoms with Crippen LogP contribution < -0.4 is 19.5 Å². The quantitative estimate of drug-likeness (QED) is 0.503. The summed E-state index contributed by atoms with van der Waals surface area (Å²) in [5, 5.41) is 36.8. The molecule has 1 fully saturated rings. The molecule has 218 valence electrons. The Morgan fingerprint density at radius 1 is 1.17 bits per heavy atom. The van der Waals surface area contributed by atoms with Crippen molar-refractivity contribution in [1.29, 1.82) is 5.26 Å². The van der Waals surface area contributed by atoms with Gasteiger partial charge in [0.15, 0.2) is 23.0 Å². The van der Waals surface area contributed by atoms with E-state index in [0.717, 1.165) is 27.8 Å².